The monoisotopic (exact) mass is 286 g/mol. The molecule has 0 saturated carbocycles. The van der Waals surface area contributed by atoms with Crippen molar-refractivity contribution >= 4 is 5.91 Å². The molecular weight excluding hydrogens is 252 g/mol. The summed E-state index contributed by atoms with van der Waals surface area (Å²) >= 11 is 0. The summed E-state index contributed by atoms with van der Waals surface area (Å²) in [6, 6.07) is 0. The molecule has 0 radical (unpaired) electrons. The van der Waals surface area contributed by atoms with Crippen molar-refractivity contribution in [3.8, 4) is 0 Å². The van der Waals surface area contributed by atoms with E-state index >= 15 is 0 Å². The molecule has 0 aliphatic heterocycles. The Morgan fingerprint density at radius 1 is 1.05 bits per heavy atom. The van der Waals surface area contributed by atoms with Gasteiger partial charge in [0.2, 0.25) is 5.91 Å². The molecule has 1 amide bonds. The van der Waals surface area contributed by atoms with Crippen molar-refractivity contribution in [1.82, 2.24) is 4.90 Å². The normalized spacial score (nSPS) is 14.1. The molecule has 120 valence electrons. The minimum atomic E-state index is -0.770. The quantitative estimate of drug-likeness (QED) is 0.542. The van der Waals surface area contributed by atoms with Crippen molar-refractivity contribution in [1.29, 1.82) is 0 Å². The summed E-state index contributed by atoms with van der Waals surface area (Å²) < 4.78 is 0. The van der Waals surface area contributed by atoms with Gasteiger partial charge < -0.3 is 15.7 Å². The van der Waals surface area contributed by atoms with Crippen molar-refractivity contribution in [2.45, 2.75) is 77.7 Å². The molecule has 0 saturated heterocycles. The SMILES string of the molecule is CCCCCCCN(CCCO)C(=O)C(C)(N)CCC. The first-order valence-corrected chi connectivity index (χ1v) is 8.18. The smallest absolute Gasteiger partial charge is 0.242 e. The molecule has 3 N–H and O–H groups in total. The van der Waals surface area contributed by atoms with Crippen molar-refractivity contribution in [2.75, 3.05) is 19.7 Å². The van der Waals surface area contributed by atoms with E-state index in [1.165, 1.54) is 19.3 Å². The molecular formula is C16H34N2O2. The van der Waals surface area contributed by atoms with Gasteiger partial charge >= 0.3 is 0 Å². The van der Waals surface area contributed by atoms with Crippen LogP contribution in [0.4, 0.5) is 0 Å². The van der Waals surface area contributed by atoms with E-state index in [1.54, 1.807) is 0 Å². The number of nitrogens with zero attached hydrogens (tertiary/aromatic N) is 1. The largest absolute Gasteiger partial charge is 0.396 e. The summed E-state index contributed by atoms with van der Waals surface area (Å²) in [4.78, 5) is 14.3. The van der Waals surface area contributed by atoms with Gasteiger partial charge in [0.1, 0.15) is 0 Å². The molecule has 20 heavy (non-hydrogen) atoms. The van der Waals surface area contributed by atoms with Crippen molar-refractivity contribution < 1.29 is 9.90 Å². The summed E-state index contributed by atoms with van der Waals surface area (Å²) in [6.45, 7) is 7.55. The maximum atomic E-state index is 12.5. The van der Waals surface area contributed by atoms with Crippen LogP contribution in [0, 0.1) is 0 Å². The molecule has 1 atom stereocenters. The molecule has 0 rings (SSSR count). The number of carbonyl (C=O) groups excluding carboxylic acids is 1. The Bertz CT molecular complexity index is 255. The maximum Gasteiger partial charge on any atom is 0.242 e. The number of aliphatic hydroxyl groups excluding tert-OH is 1. The Balaban J connectivity index is 4.34. The Kier molecular flexibility index (Phi) is 10.8. The van der Waals surface area contributed by atoms with Crippen molar-refractivity contribution in [3.05, 3.63) is 0 Å². The lowest BCUT2D eigenvalue weighted by molar-refractivity contribution is -0.137. The molecule has 0 aromatic carbocycles. The fourth-order valence-electron chi connectivity index (χ4n) is 2.47. The molecule has 1 unspecified atom stereocenters. The van der Waals surface area contributed by atoms with E-state index < -0.39 is 5.54 Å². The van der Waals surface area contributed by atoms with Crippen LogP contribution in [-0.4, -0.2) is 41.1 Å². The summed E-state index contributed by atoms with van der Waals surface area (Å²) in [5, 5.41) is 8.98. The van der Waals surface area contributed by atoms with Crippen LogP contribution in [0.3, 0.4) is 0 Å². The number of carbonyl (C=O) groups is 1. The summed E-state index contributed by atoms with van der Waals surface area (Å²) in [6.07, 6.45) is 8.14. The minimum Gasteiger partial charge on any atom is -0.396 e. The van der Waals surface area contributed by atoms with Crippen LogP contribution in [0.25, 0.3) is 0 Å². The molecule has 0 aliphatic rings. The number of nitrogens with two attached hydrogens (primary N) is 1. The Morgan fingerprint density at radius 2 is 1.65 bits per heavy atom. The van der Waals surface area contributed by atoms with E-state index in [0.717, 1.165) is 25.8 Å². The average molecular weight is 286 g/mol. The number of amides is 1. The van der Waals surface area contributed by atoms with E-state index in [0.29, 0.717) is 19.4 Å². The van der Waals surface area contributed by atoms with Crippen LogP contribution in [0.1, 0.15) is 72.1 Å². The average Bonchev–Trinajstić information content (AvgIpc) is 2.41. The van der Waals surface area contributed by atoms with Crippen molar-refractivity contribution in [2.24, 2.45) is 5.73 Å². The lowest BCUT2D eigenvalue weighted by atomic mass is 9.95. The fraction of sp³-hybridized carbons (Fsp3) is 0.938. The molecule has 0 spiro atoms. The molecule has 0 aromatic heterocycles. The highest BCUT2D eigenvalue weighted by Crippen LogP contribution is 2.14. The number of rotatable bonds is 12. The van der Waals surface area contributed by atoms with Gasteiger partial charge in [0.15, 0.2) is 0 Å². The minimum absolute atomic E-state index is 0.0308. The lowest BCUT2D eigenvalue weighted by Gasteiger charge is -2.31. The number of unbranched alkanes of at least 4 members (excludes halogenated alkanes) is 4. The van der Waals surface area contributed by atoms with E-state index in [1.807, 2.05) is 18.7 Å². The second-order valence-corrected chi connectivity index (χ2v) is 5.95. The predicted molar refractivity (Wildman–Crippen MR) is 84.5 cm³/mol. The Morgan fingerprint density at radius 3 is 2.20 bits per heavy atom. The van der Waals surface area contributed by atoms with Crippen LogP contribution in [0.2, 0.25) is 0 Å². The van der Waals surface area contributed by atoms with E-state index in [-0.39, 0.29) is 12.5 Å². The van der Waals surface area contributed by atoms with Gasteiger partial charge in [-0.1, -0.05) is 46.0 Å². The maximum absolute atomic E-state index is 12.5. The van der Waals surface area contributed by atoms with E-state index in [2.05, 4.69) is 6.92 Å². The van der Waals surface area contributed by atoms with Gasteiger partial charge in [-0.25, -0.2) is 0 Å². The molecule has 0 fully saturated rings. The summed E-state index contributed by atoms with van der Waals surface area (Å²) in [7, 11) is 0. The Hall–Kier alpha value is -0.610. The van der Waals surface area contributed by atoms with Gasteiger partial charge in [-0.05, 0) is 26.2 Å². The topological polar surface area (TPSA) is 66.6 Å². The summed E-state index contributed by atoms with van der Waals surface area (Å²) in [5.41, 5.74) is 5.37. The van der Waals surface area contributed by atoms with Gasteiger partial charge in [-0.2, -0.15) is 0 Å². The first-order chi connectivity index (χ1) is 9.49. The molecule has 0 aliphatic carbocycles. The van der Waals surface area contributed by atoms with Crippen LogP contribution in [0.5, 0.6) is 0 Å². The highest BCUT2D eigenvalue weighted by molar-refractivity contribution is 5.85. The third-order valence-corrected chi connectivity index (χ3v) is 3.66. The zero-order chi connectivity index (χ0) is 15.4. The second-order valence-electron chi connectivity index (χ2n) is 5.95. The van der Waals surface area contributed by atoms with E-state index in [9.17, 15) is 4.79 Å². The number of aliphatic hydroxyl groups is 1. The predicted octanol–water partition coefficient (Wildman–Crippen LogP) is 2.69. The zero-order valence-electron chi connectivity index (χ0n) is 13.7. The van der Waals surface area contributed by atoms with Gasteiger partial charge in [0, 0.05) is 19.7 Å². The van der Waals surface area contributed by atoms with Crippen LogP contribution < -0.4 is 5.73 Å². The molecule has 4 heteroatoms. The van der Waals surface area contributed by atoms with Gasteiger partial charge in [-0.3, -0.25) is 4.79 Å². The molecule has 0 bridgehead atoms. The third kappa shape index (κ3) is 7.85. The van der Waals surface area contributed by atoms with Crippen molar-refractivity contribution in [3.63, 3.8) is 0 Å². The van der Waals surface area contributed by atoms with Crippen LogP contribution in [-0.2, 0) is 4.79 Å². The highest BCUT2D eigenvalue weighted by atomic mass is 16.3. The Labute approximate surface area is 124 Å². The van der Waals surface area contributed by atoms with Gasteiger partial charge in [-0.15, -0.1) is 0 Å². The van der Waals surface area contributed by atoms with Gasteiger partial charge in [0.25, 0.3) is 0 Å². The summed E-state index contributed by atoms with van der Waals surface area (Å²) in [5.74, 6) is 0.0308. The van der Waals surface area contributed by atoms with E-state index in [4.69, 9.17) is 10.8 Å². The highest BCUT2D eigenvalue weighted by Gasteiger charge is 2.31. The molecule has 0 heterocycles. The van der Waals surface area contributed by atoms with Crippen LogP contribution >= 0.6 is 0 Å². The number of hydrogen-bond acceptors (Lipinski definition) is 3. The lowest BCUT2D eigenvalue weighted by Crippen LogP contribution is -2.53. The standard InChI is InChI=1S/C16H34N2O2/c1-4-6-7-8-9-12-18(13-10-14-19)15(20)16(3,17)11-5-2/h19H,4-14,17H2,1-3H3. The molecule has 4 nitrogen and oxygen atoms in total. The first-order valence-electron chi connectivity index (χ1n) is 8.18. The second kappa shape index (κ2) is 11.1. The van der Waals surface area contributed by atoms with Crippen LogP contribution in [0.15, 0.2) is 0 Å². The van der Waals surface area contributed by atoms with Gasteiger partial charge in [0.05, 0.1) is 5.54 Å². The first kappa shape index (κ1) is 19.4. The fourth-order valence-corrected chi connectivity index (χ4v) is 2.47. The third-order valence-electron chi connectivity index (χ3n) is 3.66. The zero-order valence-corrected chi connectivity index (χ0v) is 13.7. The number of hydrogen-bond donors (Lipinski definition) is 2. The molecule has 0 aromatic rings.